The smallest absolute Gasteiger partial charge is 0.271 e. The van der Waals surface area contributed by atoms with Crippen molar-refractivity contribution in [3.63, 3.8) is 0 Å². The number of hydrogen-bond acceptors (Lipinski definition) is 3. The molecule has 0 saturated heterocycles. The molecule has 0 aliphatic carbocycles. The van der Waals surface area contributed by atoms with Gasteiger partial charge in [-0.05, 0) is 48.9 Å². The van der Waals surface area contributed by atoms with Crippen LogP contribution in [0.2, 0.25) is 0 Å². The molecule has 0 unspecified atom stereocenters. The van der Waals surface area contributed by atoms with Gasteiger partial charge in [-0.1, -0.05) is 6.08 Å². The molecule has 0 radical (unpaired) electrons. The van der Waals surface area contributed by atoms with Gasteiger partial charge in [0.25, 0.3) is 5.91 Å². The first-order valence-corrected chi connectivity index (χ1v) is 6.09. The Kier molecular flexibility index (Phi) is 4.44. The fourth-order valence-electron chi connectivity index (χ4n) is 1.63. The summed E-state index contributed by atoms with van der Waals surface area (Å²) in [5.74, 6) is -0.594. The minimum Gasteiger partial charge on any atom is -0.298 e. The summed E-state index contributed by atoms with van der Waals surface area (Å²) < 4.78 is 12.9. The molecule has 0 fully saturated rings. The van der Waals surface area contributed by atoms with Gasteiger partial charge >= 0.3 is 0 Å². The molecule has 0 atom stereocenters. The fourth-order valence-corrected chi connectivity index (χ4v) is 1.63. The van der Waals surface area contributed by atoms with Crippen LogP contribution in [0, 0.1) is 5.82 Å². The number of hydrazine groups is 1. The van der Waals surface area contributed by atoms with Crippen molar-refractivity contribution < 1.29 is 9.18 Å². The molecule has 5 heteroatoms. The zero-order valence-corrected chi connectivity index (χ0v) is 10.9. The number of allylic oxidation sites excluding steroid dienone is 1. The molecule has 4 nitrogen and oxygen atoms in total. The van der Waals surface area contributed by atoms with Crippen LogP contribution in [0.1, 0.15) is 22.8 Å². The first-order chi connectivity index (χ1) is 9.70. The van der Waals surface area contributed by atoms with Gasteiger partial charge in [0, 0.05) is 12.4 Å². The second kappa shape index (κ2) is 6.47. The van der Waals surface area contributed by atoms with E-state index in [9.17, 15) is 9.18 Å². The molecule has 2 N–H and O–H groups in total. The Morgan fingerprint density at radius 2 is 1.90 bits per heavy atom. The largest absolute Gasteiger partial charge is 0.298 e. The van der Waals surface area contributed by atoms with E-state index in [0.29, 0.717) is 11.3 Å². The second-order valence-electron chi connectivity index (χ2n) is 4.03. The molecule has 0 saturated carbocycles. The van der Waals surface area contributed by atoms with E-state index in [1.54, 1.807) is 36.5 Å². The minimum absolute atomic E-state index is 0.292. The summed E-state index contributed by atoms with van der Waals surface area (Å²) in [7, 11) is 0. The third-order valence-electron chi connectivity index (χ3n) is 2.68. The number of nitrogens with one attached hydrogen (secondary N) is 2. The maximum atomic E-state index is 12.9. The molecule has 102 valence electrons. The third kappa shape index (κ3) is 3.41. The molecule has 20 heavy (non-hydrogen) atoms. The quantitative estimate of drug-likeness (QED) is 0.840. The number of carbonyl (C=O) groups is 1. The van der Waals surface area contributed by atoms with Crippen molar-refractivity contribution in [2.75, 3.05) is 0 Å². The van der Waals surface area contributed by atoms with Gasteiger partial charge in [-0.15, -0.1) is 0 Å². The van der Waals surface area contributed by atoms with E-state index in [1.807, 2.05) is 6.92 Å². The number of carbonyl (C=O) groups excluding carboxylic acids is 1. The van der Waals surface area contributed by atoms with Crippen LogP contribution in [-0.2, 0) is 0 Å². The molecular formula is C15H14FN3O. The first kappa shape index (κ1) is 13.7. The molecule has 0 aliphatic heterocycles. The van der Waals surface area contributed by atoms with Crippen molar-refractivity contribution in [1.82, 2.24) is 15.8 Å². The van der Waals surface area contributed by atoms with E-state index in [0.717, 1.165) is 5.56 Å². The number of amides is 1. The van der Waals surface area contributed by atoms with Gasteiger partial charge in [-0.2, -0.15) is 0 Å². The molecular weight excluding hydrogens is 257 g/mol. The SMILES string of the molecule is C/C=C(\NNC(=O)c1cccnc1)c1ccc(F)cc1. The average molecular weight is 271 g/mol. The number of nitrogens with zero attached hydrogens (tertiary/aromatic N) is 1. The highest BCUT2D eigenvalue weighted by molar-refractivity contribution is 5.94. The third-order valence-corrected chi connectivity index (χ3v) is 2.68. The normalized spacial score (nSPS) is 11.0. The number of pyridine rings is 1. The van der Waals surface area contributed by atoms with Gasteiger partial charge in [-0.25, -0.2) is 4.39 Å². The second-order valence-corrected chi connectivity index (χ2v) is 4.03. The van der Waals surface area contributed by atoms with Crippen molar-refractivity contribution in [2.24, 2.45) is 0 Å². The van der Waals surface area contributed by atoms with Crippen molar-refractivity contribution in [1.29, 1.82) is 0 Å². The van der Waals surface area contributed by atoms with Crippen LogP contribution in [0.5, 0.6) is 0 Å². The minimum atomic E-state index is -0.302. The van der Waals surface area contributed by atoms with Gasteiger partial charge in [0.15, 0.2) is 0 Å². The van der Waals surface area contributed by atoms with Crippen LogP contribution in [0.15, 0.2) is 54.9 Å². The molecule has 1 amide bonds. The van der Waals surface area contributed by atoms with Crippen molar-refractivity contribution >= 4 is 11.6 Å². The summed E-state index contributed by atoms with van der Waals surface area (Å²) >= 11 is 0. The number of halogens is 1. The monoisotopic (exact) mass is 271 g/mol. The van der Waals surface area contributed by atoms with E-state index in [1.165, 1.54) is 18.3 Å². The van der Waals surface area contributed by atoms with Crippen molar-refractivity contribution in [2.45, 2.75) is 6.92 Å². The molecule has 1 heterocycles. The molecule has 1 aromatic carbocycles. The van der Waals surface area contributed by atoms with Crippen LogP contribution in [0.25, 0.3) is 5.70 Å². The van der Waals surface area contributed by atoms with Crippen LogP contribution < -0.4 is 10.9 Å². The molecule has 1 aromatic heterocycles. The molecule has 2 rings (SSSR count). The van der Waals surface area contributed by atoms with Gasteiger partial charge in [0.05, 0.1) is 11.3 Å². The zero-order chi connectivity index (χ0) is 14.4. The summed E-state index contributed by atoms with van der Waals surface area (Å²) in [5, 5.41) is 0. The molecule has 0 bridgehead atoms. The average Bonchev–Trinajstić information content (AvgIpc) is 2.50. The Morgan fingerprint density at radius 3 is 2.50 bits per heavy atom. The summed E-state index contributed by atoms with van der Waals surface area (Å²) in [6, 6.07) is 9.34. The van der Waals surface area contributed by atoms with E-state index in [2.05, 4.69) is 15.8 Å². The molecule has 0 spiro atoms. The van der Waals surface area contributed by atoms with Gasteiger partial charge < -0.3 is 0 Å². The number of hydrogen-bond donors (Lipinski definition) is 2. The first-order valence-electron chi connectivity index (χ1n) is 6.09. The Hall–Kier alpha value is -2.69. The highest BCUT2D eigenvalue weighted by Crippen LogP contribution is 2.11. The van der Waals surface area contributed by atoms with Gasteiger partial charge in [-0.3, -0.25) is 20.6 Å². The number of aromatic nitrogens is 1. The topological polar surface area (TPSA) is 54.0 Å². The maximum Gasteiger partial charge on any atom is 0.271 e. The zero-order valence-electron chi connectivity index (χ0n) is 10.9. The maximum absolute atomic E-state index is 12.9. The lowest BCUT2D eigenvalue weighted by Gasteiger charge is -2.12. The van der Waals surface area contributed by atoms with Crippen LogP contribution in [0.4, 0.5) is 4.39 Å². The summed E-state index contributed by atoms with van der Waals surface area (Å²) in [4.78, 5) is 15.7. The lowest BCUT2D eigenvalue weighted by atomic mass is 10.1. The Balaban J connectivity index is 2.02. The van der Waals surface area contributed by atoms with Crippen molar-refractivity contribution in [3.8, 4) is 0 Å². The standard InChI is InChI=1S/C15H14FN3O/c1-2-14(11-5-7-13(16)8-6-11)18-19-15(20)12-4-3-9-17-10-12/h2-10,18H,1H3,(H,19,20)/b14-2-. The summed E-state index contributed by atoms with van der Waals surface area (Å²) in [5.41, 5.74) is 7.30. The van der Waals surface area contributed by atoms with Gasteiger partial charge in [0.1, 0.15) is 5.82 Å². The van der Waals surface area contributed by atoms with Gasteiger partial charge in [0.2, 0.25) is 0 Å². The molecule has 0 aliphatic rings. The summed E-state index contributed by atoms with van der Waals surface area (Å²) in [6.45, 7) is 1.82. The predicted molar refractivity (Wildman–Crippen MR) is 74.9 cm³/mol. The predicted octanol–water partition coefficient (Wildman–Crippen LogP) is 2.52. The lowest BCUT2D eigenvalue weighted by Crippen LogP contribution is -2.36. The Labute approximate surface area is 116 Å². The van der Waals surface area contributed by atoms with Crippen molar-refractivity contribution in [3.05, 3.63) is 71.8 Å². The van der Waals surface area contributed by atoms with Crippen LogP contribution in [0.3, 0.4) is 0 Å². The van der Waals surface area contributed by atoms with Crippen LogP contribution >= 0.6 is 0 Å². The highest BCUT2D eigenvalue weighted by Gasteiger charge is 2.06. The fraction of sp³-hybridized carbons (Fsp3) is 0.0667. The summed E-state index contributed by atoms with van der Waals surface area (Å²) in [6.07, 6.45) is 4.86. The van der Waals surface area contributed by atoms with Crippen LogP contribution in [-0.4, -0.2) is 10.9 Å². The highest BCUT2D eigenvalue weighted by atomic mass is 19.1. The number of rotatable bonds is 4. The Morgan fingerprint density at radius 1 is 1.15 bits per heavy atom. The Bertz CT molecular complexity index is 609. The van der Waals surface area contributed by atoms with E-state index < -0.39 is 0 Å². The van der Waals surface area contributed by atoms with E-state index >= 15 is 0 Å². The number of benzene rings is 1. The van der Waals surface area contributed by atoms with E-state index in [-0.39, 0.29) is 11.7 Å². The molecule has 2 aromatic rings. The lowest BCUT2D eigenvalue weighted by molar-refractivity contribution is 0.0942. The van der Waals surface area contributed by atoms with E-state index in [4.69, 9.17) is 0 Å².